The average Bonchev–Trinajstić information content (AvgIpc) is 2.27. The standard InChI is InChI=1S/C13H19NO3/c1-14(7-8-15)10-12-4-2-3-11(9-12)5-6-13(16)17/h2-4,9,15H,5-8,10H2,1H3,(H,16,17). The molecule has 1 rings (SSSR count). The SMILES string of the molecule is CN(CCO)Cc1cccc(CCC(=O)O)c1. The first-order chi connectivity index (χ1) is 8.11. The van der Waals surface area contributed by atoms with E-state index in [0.29, 0.717) is 13.0 Å². The number of likely N-dealkylation sites (N-methyl/N-ethyl adjacent to an activating group) is 1. The number of hydrogen-bond acceptors (Lipinski definition) is 3. The third kappa shape index (κ3) is 5.47. The summed E-state index contributed by atoms with van der Waals surface area (Å²) in [6.07, 6.45) is 0.725. The number of nitrogens with zero attached hydrogens (tertiary/aromatic N) is 1. The molecule has 1 aromatic rings. The van der Waals surface area contributed by atoms with Gasteiger partial charge in [-0.25, -0.2) is 0 Å². The van der Waals surface area contributed by atoms with Crippen LogP contribution in [0.15, 0.2) is 24.3 Å². The maximum absolute atomic E-state index is 10.5. The zero-order valence-corrected chi connectivity index (χ0v) is 10.1. The van der Waals surface area contributed by atoms with Crippen LogP contribution in [-0.4, -0.2) is 41.3 Å². The molecule has 0 saturated carbocycles. The summed E-state index contributed by atoms with van der Waals surface area (Å²) in [6.45, 7) is 1.55. The molecule has 0 aliphatic carbocycles. The van der Waals surface area contributed by atoms with Crippen LogP contribution in [0.5, 0.6) is 0 Å². The molecule has 0 saturated heterocycles. The number of benzene rings is 1. The fourth-order valence-corrected chi connectivity index (χ4v) is 1.70. The summed E-state index contributed by atoms with van der Waals surface area (Å²) in [4.78, 5) is 12.5. The van der Waals surface area contributed by atoms with Gasteiger partial charge in [-0.3, -0.25) is 9.69 Å². The van der Waals surface area contributed by atoms with Gasteiger partial charge >= 0.3 is 5.97 Å². The molecule has 0 bridgehead atoms. The molecule has 0 aromatic heterocycles. The third-order valence-electron chi connectivity index (χ3n) is 2.55. The van der Waals surface area contributed by atoms with Crippen molar-refractivity contribution in [2.24, 2.45) is 0 Å². The number of carbonyl (C=O) groups is 1. The summed E-state index contributed by atoms with van der Waals surface area (Å²) >= 11 is 0. The van der Waals surface area contributed by atoms with Gasteiger partial charge in [-0.15, -0.1) is 0 Å². The van der Waals surface area contributed by atoms with Gasteiger partial charge in [0.15, 0.2) is 0 Å². The van der Waals surface area contributed by atoms with Crippen molar-refractivity contribution in [2.75, 3.05) is 20.2 Å². The van der Waals surface area contributed by atoms with Crippen LogP contribution >= 0.6 is 0 Å². The van der Waals surface area contributed by atoms with Gasteiger partial charge in [0.1, 0.15) is 0 Å². The number of rotatable bonds is 7. The Kier molecular flexibility index (Phi) is 5.66. The second kappa shape index (κ2) is 7.04. The topological polar surface area (TPSA) is 60.8 Å². The summed E-state index contributed by atoms with van der Waals surface area (Å²) in [7, 11) is 1.94. The number of hydrogen-bond donors (Lipinski definition) is 2. The van der Waals surface area contributed by atoms with Gasteiger partial charge in [0.25, 0.3) is 0 Å². The van der Waals surface area contributed by atoms with Crippen LogP contribution in [0.25, 0.3) is 0 Å². The summed E-state index contributed by atoms with van der Waals surface area (Å²) < 4.78 is 0. The third-order valence-corrected chi connectivity index (χ3v) is 2.55. The van der Waals surface area contributed by atoms with Crippen molar-refractivity contribution < 1.29 is 15.0 Å². The number of aryl methyl sites for hydroxylation is 1. The van der Waals surface area contributed by atoms with Gasteiger partial charge < -0.3 is 10.2 Å². The van der Waals surface area contributed by atoms with E-state index in [4.69, 9.17) is 10.2 Å². The Morgan fingerprint density at radius 3 is 2.71 bits per heavy atom. The van der Waals surface area contributed by atoms with Crippen molar-refractivity contribution in [3.05, 3.63) is 35.4 Å². The van der Waals surface area contributed by atoms with Gasteiger partial charge in [-0.1, -0.05) is 24.3 Å². The van der Waals surface area contributed by atoms with Crippen molar-refractivity contribution in [2.45, 2.75) is 19.4 Å². The van der Waals surface area contributed by atoms with Crippen LogP contribution in [0.1, 0.15) is 17.5 Å². The molecule has 17 heavy (non-hydrogen) atoms. The smallest absolute Gasteiger partial charge is 0.303 e. The molecular formula is C13H19NO3. The van der Waals surface area contributed by atoms with Gasteiger partial charge in [0, 0.05) is 19.5 Å². The van der Waals surface area contributed by atoms with Crippen LogP contribution in [0, 0.1) is 0 Å². The van der Waals surface area contributed by atoms with E-state index in [2.05, 4.69) is 0 Å². The lowest BCUT2D eigenvalue weighted by Crippen LogP contribution is -2.21. The van der Waals surface area contributed by atoms with Crippen molar-refractivity contribution in [3.63, 3.8) is 0 Å². The number of carboxylic acids is 1. The van der Waals surface area contributed by atoms with Crippen molar-refractivity contribution in [1.82, 2.24) is 4.90 Å². The molecule has 4 nitrogen and oxygen atoms in total. The Morgan fingerprint density at radius 1 is 1.35 bits per heavy atom. The minimum Gasteiger partial charge on any atom is -0.481 e. The molecule has 0 atom stereocenters. The Morgan fingerprint density at radius 2 is 2.06 bits per heavy atom. The van der Waals surface area contributed by atoms with E-state index < -0.39 is 5.97 Å². The second-order valence-corrected chi connectivity index (χ2v) is 4.18. The van der Waals surface area contributed by atoms with Crippen molar-refractivity contribution in [1.29, 1.82) is 0 Å². The molecule has 2 N–H and O–H groups in total. The monoisotopic (exact) mass is 237 g/mol. The molecule has 0 aliphatic heterocycles. The fraction of sp³-hybridized carbons (Fsp3) is 0.462. The normalized spacial score (nSPS) is 10.8. The van der Waals surface area contributed by atoms with Gasteiger partial charge in [-0.2, -0.15) is 0 Å². The molecule has 0 unspecified atom stereocenters. The van der Waals surface area contributed by atoms with E-state index in [9.17, 15) is 4.79 Å². The van der Waals surface area contributed by atoms with Crippen molar-refractivity contribution in [3.8, 4) is 0 Å². The minimum atomic E-state index is -0.771. The zero-order chi connectivity index (χ0) is 12.7. The maximum atomic E-state index is 10.5. The van der Waals surface area contributed by atoms with Crippen LogP contribution < -0.4 is 0 Å². The quantitative estimate of drug-likeness (QED) is 0.746. The molecule has 0 amide bonds. The van der Waals surface area contributed by atoms with Crippen molar-refractivity contribution >= 4 is 5.97 Å². The highest BCUT2D eigenvalue weighted by atomic mass is 16.4. The average molecular weight is 237 g/mol. The van der Waals surface area contributed by atoms with E-state index >= 15 is 0 Å². The number of aliphatic carboxylic acids is 1. The van der Waals surface area contributed by atoms with E-state index in [1.165, 1.54) is 0 Å². The summed E-state index contributed by atoms with van der Waals surface area (Å²) in [6, 6.07) is 7.92. The molecule has 0 fully saturated rings. The molecule has 4 heteroatoms. The number of aliphatic hydroxyl groups is 1. The molecule has 0 heterocycles. The van der Waals surface area contributed by atoms with Gasteiger partial charge in [0.05, 0.1) is 6.61 Å². The van der Waals surface area contributed by atoms with Crippen LogP contribution in [0.3, 0.4) is 0 Å². The zero-order valence-electron chi connectivity index (χ0n) is 10.1. The second-order valence-electron chi connectivity index (χ2n) is 4.18. The maximum Gasteiger partial charge on any atom is 0.303 e. The van der Waals surface area contributed by atoms with E-state index in [0.717, 1.165) is 17.7 Å². The van der Waals surface area contributed by atoms with Crippen LogP contribution in [-0.2, 0) is 17.8 Å². The first-order valence-corrected chi connectivity index (χ1v) is 5.71. The highest BCUT2D eigenvalue weighted by molar-refractivity contribution is 5.67. The Bertz CT molecular complexity index is 365. The Hall–Kier alpha value is -1.39. The molecule has 0 radical (unpaired) electrons. The highest BCUT2D eigenvalue weighted by Gasteiger charge is 2.02. The lowest BCUT2D eigenvalue weighted by Gasteiger charge is -2.15. The molecule has 0 spiro atoms. The largest absolute Gasteiger partial charge is 0.481 e. The van der Waals surface area contributed by atoms with Crippen LogP contribution in [0.2, 0.25) is 0 Å². The molecule has 0 aliphatic rings. The number of aliphatic hydroxyl groups excluding tert-OH is 1. The summed E-state index contributed by atoms with van der Waals surface area (Å²) in [5.41, 5.74) is 2.19. The fourth-order valence-electron chi connectivity index (χ4n) is 1.70. The molecule has 94 valence electrons. The summed E-state index contributed by atoms with van der Waals surface area (Å²) in [5, 5.41) is 17.4. The predicted octanol–water partition coefficient (Wildman–Crippen LogP) is 1.13. The Balaban J connectivity index is 2.56. The molecular weight excluding hydrogens is 218 g/mol. The minimum absolute atomic E-state index is 0.148. The lowest BCUT2D eigenvalue weighted by atomic mass is 10.1. The van der Waals surface area contributed by atoms with Crippen LogP contribution in [0.4, 0.5) is 0 Å². The van der Waals surface area contributed by atoms with E-state index in [1.54, 1.807) is 0 Å². The highest BCUT2D eigenvalue weighted by Crippen LogP contribution is 2.09. The molecule has 1 aromatic carbocycles. The summed E-state index contributed by atoms with van der Waals surface area (Å²) in [5.74, 6) is -0.771. The number of carboxylic acid groups (broad SMARTS) is 1. The van der Waals surface area contributed by atoms with Gasteiger partial charge in [0.2, 0.25) is 0 Å². The first kappa shape index (κ1) is 13.7. The Labute approximate surface area is 101 Å². The predicted molar refractivity (Wildman–Crippen MR) is 65.8 cm³/mol. The first-order valence-electron chi connectivity index (χ1n) is 5.71. The van der Waals surface area contributed by atoms with E-state index in [1.807, 2.05) is 36.2 Å². The van der Waals surface area contributed by atoms with E-state index in [-0.39, 0.29) is 13.0 Å². The lowest BCUT2D eigenvalue weighted by molar-refractivity contribution is -0.136. The van der Waals surface area contributed by atoms with Gasteiger partial charge in [-0.05, 0) is 24.6 Å².